The first-order valence-electron chi connectivity index (χ1n) is 7.82. The zero-order chi connectivity index (χ0) is 15.5. The minimum absolute atomic E-state index is 0.112. The lowest BCUT2D eigenvalue weighted by atomic mass is 10.1. The SMILES string of the molecule is C=C(CO[Si](C(C)C)(C(C)C)C(C)C)C1CCC(=O)N1. The van der Waals surface area contributed by atoms with E-state index in [0.717, 1.165) is 12.0 Å². The third-order valence-electron chi connectivity index (χ3n) is 4.70. The minimum atomic E-state index is -1.83. The molecular weight excluding hydrogens is 266 g/mol. The maximum absolute atomic E-state index is 11.3. The van der Waals surface area contributed by atoms with Crippen LogP contribution in [0.25, 0.3) is 0 Å². The molecule has 0 aromatic rings. The Kier molecular flexibility index (Phi) is 6.01. The fraction of sp³-hybridized carbons (Fsp3) is 0.812. The van der Waals surface area contributed by atoms with Crippen LogP contribution in [-0.4, -0.2) is 26.9 Å². The molecule has 116 valence electrons. The van der Waals surface area contributed by atoms with Gasteiger partial charge in [-0.15, -0.1) is 0 Å². The summed E-state index contributed by atoms with van der Waals surface area (Å²) in [7, 11) is -1.83. The highest BCUT2D eigenvalue weighted by atomic mass is 28.4. The molecule has 0 radical (unpaired) electrons. The fourth-order valence-electron chi connectivity index (χ4n) is 3.74. The van der Waals surface area contributed by atoms with E-state index in [9.17, 15) is 4.79 Å². The highest BCUT2D eigenvalue weighted by Gasteiger charge is 2.45. The van der Waals surface area contributed by atoms with E-state index in [-0.39, 0.29) is 11.9 Å². The van der Waals surface area contributed by atoms with Gasteiger partial charge in [0.25, 0.3) is 0 Å². The van der Waals surface area contributed by atoms with Gasteiger partial charge in [-0.1, -0.05) is 48.1 Å². The molecule has 0 aromatic heterocycles. The molecule has 20 heavy (non-hydrogen) atoms. The molecule has 0 aromatic carbocycles. The number of amides is 1. The lowest BCUT2D eigenvalue weighted by Crippen LogP contribution is -2.48. The number of hydrogen-bond acceptors (Lipinski definition) is 2. The summed E-state index contributed by atoms with van der Waals surface area (Å²) in [5, 5.41) is 2.97. The Balaban J connectivity index is 2.72. The molecule has 1 rings (SSSR count). The summed E-state index contributed by atoms with van der Waals surface area (Å²) in [6.07, 6.45) is 1.48. The van der Waals surface area contributed by atoms with E-state index in [2.05, 4.69) is 53.4 Å². The van der Waals surface area contributed by atoms with Crippen LogP contribution in [0, 0.1) is 0 Å². The van der Waals surface area contributed by atoms with Crippen LogP contribution in [0.2, 0.25) is 16.6 Å². The van der Waals surface area contributed by atoms with Gasteiger partial charge in [-0.05, 0) is 28.6 Å². The second kappa shape index (κ2) is 6.90. The van der Waals surface area contributed by atoms with E-state index in [1.54, 1.807) is 0 Å². The van der Waals surface area contributed by atoms with Crippen LogP contribution < -0.4 is 5.32 Å². The summed E-state index contributed by atoms with van der Waals surface area (Å²) in [5.74, 6) is 0.135. The number of carbonyl (C=O) groups is 1. The van der Waals surface area contributed by atoms with E-state index < -0.39 is 8.32 Å². The van der Waals surface area contributed by atoms with Crippen molar-refractivity contribution >= 4 is 14.2 Å². The molecule has 1 atom stereocenters. The molecule has 1 aliphatic rings. The van der Waals surface area contributed by atoms with Crippen molar-refractivity contribution in [1.82, 2.24) is 5.32 Å². The second-order valence-corrected chi connectivity index (χ2v) is 12.4. The van der Waals surface area contributed by atoms with Crippen molar-refractivity contribution in [3.63, 3.8) is 0 Å². The molecule has 3 nitrogen and oxygen atoms in total. The first-order chi connectivity index (χ1) is 9.21. The number of hydrogen-bond donors (Lipinski definition) is 1. The van der Waals surface area contributed by atoms with E-state index in [1.165, 1.54) is 0 Å². The van der Waals surface area contributed by atoms with Crippen molar-refractivity contribution in [2.75, 3.05) is 6.61 Å². The summed E-state index contributed by atoms with van der Waals surface area (Å²) in [4.78, 5) is 11.3. The first-order valence-corrected chi connectivity index (χ1v) is 9.96. The van der Waals surface area contributed by atoms with Gasteiger partial charge in [0.1, 0.15) is 0 Å². The number of rotatable bonds is 7. The molecule has 1 unspecified atom stereocenters. The second-order valence-electron chi connectivity index (χ2n) is 6.92. The predicted octanol–water partition coefficient (Wildman–Crippen LogP) is 4.01. The van der Waals surface area contributed by atoms with Crippen molar-refractivity contribution in [3.05, 3.63) is 12.2 Å². The lowest BCUT2D eigenvalue weighted by molar-refractivity contribution is -0.119. The summed E-state index contributed by atoms with van der Waals surface area (Å²) in [6.45, 7) is 18.4. The smallest absolute Gasteiger partial charge is 0.220 e. The van der Waals surface area contributed by atoms with Gasteiger partial charge >= 0.3 is 0 Å². The molecule has 0 aliphatic carbocycles. The van der Waals surface area contributed by atoms with E-state index >= 15 is 0 Å². The van der Waals surface area contributed by atoms with E-state index in [1.807, 2.05) is 0 Å². The fourth-order valence-corrected chi connectivity index (χ4v) is 9.17. The summed E-state index contributed by atoms with van der Waals surface area (Å²) in [5.41, 5.74) is 2.75. The minimum Gasteiger partial charge on any atom is -0.412 e. The number of carbonyl (C=O) groups excluding carboxylic acids is 1. The van der Waals surface area contributed by atoms with Gasteiger partial charge in [0.15, 0.2) is 0 Å². The zero-order valence-electron chi connectivity index (χ0n) is 14.0. The van der Waals surface area contributed by atoms with Gasteiger partial charge < -0.3 is 9.74 Å². The Hall–Kier alpha value is -0.613. The van der Waals surface area contributed by atoms with Crippen molar-refractivity contribution < 1.29 is 9.22 Å². The maximum Gasteiger partial charge on any atom is 0.220 e. The van der Waals surface area contributed by atoms with Crippen LogP contribution >= 0.6 is 0 Å². The molecule has 1 fully saturated rings. The zero-order valence-corrected chi connectivity index (χ0v) is 15.0. The van der Waals surface area contributed by atoms with Crippen LogP contribution in [0.1, 0.15) is 54.4 Å². The molecule has 1 aliphatic heterocycles. The van der Waals surface area contributed by atoms with Gasteiger partial charge in [-0.25, -0.2) is 0 Å². The first kappa shape index (κ1) is 17.4. The molecule has 1 saturated heterocycles. The predicted molar refractivity (Wildman–Crippen MR) is 87.3 cm³/mol. The van der Waals surface area contributed by atoms with Crippen LogP contribution in [0.15, 0.2) is 12.2 Å². The lowest BCUT2D eigenvalue weighted by Gasteiger charge is -2.42. The average molecular weight is 298 g/mol. The van der Waals surface area contributed by atoms with Gasteiger partial charge in [-0.2, -0.15) is 0 Å². The monoisotopic (exact) mass is 297 g/mol. The highest BCUT2D eigenvalue weighted by Crippen LogP contribution is 2.42. The number of nitrogens with one attached hydrogen (secondary N) is 1. The topological polar surface area (TPSA) is 38.3 Å². The highest BCUT2D eigenvalue weighted by molar-refractivity contribution is 6.77. The van der Waals surface area contributed by atoms with Gasteiger partial charge in [-0.3, -0.25) is 4.79 Å². The summed E-state index contributed by atoms with van der Waals surface area (Å²) >= 11 is 0. The Labute approximate surface area is 125 Å². The van der Waals surface area contributed by atoms with E-state index in [0.29, 0.717) is 29.7 Å². The molecule has 1 amide bonds. The van der Waals surface area contributed by atoms with Crippen molar-refractivity contribution in [1.29, 1.82) is 0 Å². The quantitative estimate of drug-likeness (QED) is 0.569. The maximum atomic E-state index is 11.3. The molecule has 1 heterocycles. The third kappa shape index (κ3) is 3.53. The standard InChI is InChI=1S/C16H31NO2Si/c1-11(2)20(12(3)4,13(5)6)19-10-14(7)15-8-9-16(18)17-15/h11-13,15H,7-10H2,1-6H3,(H,17,18). The average Bonchev–Trinajstić information content (AvgIpc) is 2.75. The molecule has 4 heteroatoms. The Bertz CT molecular complexity index is 342. The van der Waals surface area contributed by atoms with E-state index in [4.69, 9.17) is 4.43 Å². The van der Waals surface area contributed by atoms with Crippen LogP contribution in [0.5, 0.6) is 0 Å². The Morgan fingerprint density at radius 1 is 1.25 bits per heavy atom. The van der Waals surface area contributed by atoms with Crippen LogP contribution in [0.3, 0.4) is 0 Å². The summed E-state index contributed by atoms with van der Waals surface area (Å²) < 4.78 is 6.51. The van der Waals surface area contributed by atoms with Crippen LogP contribution in [0.4, 0.5) is 0 Å². The third-order valence-corrected chi connectivity index (χ3v) is 10.8. The van der Waals surface area contributed by atoms with Gasteiger partial charge in [0.05, 0.1) is 12.6 Å². The molecular formula is C16H31NO2Si. The van der Waals surface area contributed by atoms with Crippen molar-refractivity contribution in [3.8, 4) is 0 Å². The Morgan fingerprint density at radius 3 is 2.10 bits per heavy atom. The van der Waals surface area contributed by atoms with Gasteiger partial charge in [0.2, 0.25) is 14.2 Å². The normalized spacial score (nSPS) is 20.1. The largest absolute Gasteiger partial charge is 0.412 e. The summed E-state index contributed by atoms with van der Waals surface area (Å²) in [6, 6.07) is 0.112. The van der Waals surface area contributed by atoms with Crippen LogP contribution in [-0.2, 0) is 9.22 Å². The van der Waals surface area contributed by atoms with Gasteiger partial charge in [0, 0.05) is 6.42 Å². The molecule has 1 N–H and O–H groups in total. The molecule has 0 saturated carbocycles. The molecule has 0 bridgehead atoms. The van der Waals surface area contributed by atoms with Crippen molar-refractivity contribution in [2.45, 2.75) is 77.0 Å². The molecule has 0 spiro atoms. The van der Waals surface area contributed by atoms with Crippen molar-refractivity contribution in [2.24, 2.45) is 0 Å². The Morgan fingerprint density at radius 2 is 1.75 bits per heavy atom.